The normalized spacial score (nSPS) is 14.6. The Labute approximate surface area is 106 Å². The van der Waals surface area contributed by atoms with E-state index in [1.165, 1.54) is 6.07 Å². The van der Waals surface area contributed by atoms with E-state index in [9.17, 15) is 8.78 Å². The fraction of sp³-hybridized carbons (Fsp3) is 0.538. The molecule has 2 unspecified atom stereocenters. The summed E-state index contributed by atoms with van der Waals surface area (Å²) < 4.78 is 26.4. The van der Waals surface area contributed by atoms with Crippen LogP contribution in [0.15, 0.2) is 18.2 Å². The molecule has 0 bridgehead atoms. The van der Waals surface area contributed by atoms with Crippen LogP contribution in [-0.4, -0.2) is 17.0 Å². The molecule has 0 radical (unpaired) electrons. The van der Waals surface area contributed by atoms with Crippen molar-refractivity contribution in [2.45, 2.75) is 38.0 Å². The second-order valence-corrected chi connectivity index (χ2v) is 5.70. The van der Waals surface area contributed by atoms with Gasteiger partial charge in [0.2, 0.25) is 0 Å². The van der Waals surface area contributed by atoms with E-state index in [1.807, 2.05) is 0 Å². The summed E-state index contributed by atoms with van der Waals surface area (Å²) in [5.74, 6) is -0.800. The number of hydrogen-bond donors (Lipinski definition) is 1. The van der Waals surface area contributed by atoms with Crippen LogP contribution in [0.25, 0.3) is 0 Å². The third kappa shape index (κ3) is 4.64. The van der Waals surface area contributed by atoms with Crippen LogP contribution in [-0.2, 0) is 6.42 Å². The molecular weight excluding hydrogens is 240 g/mol. The van der Waals surface area contributed by atoms with Gasteiger partial charge in [-0.1, -0.05) is 26.0 Å². The topological polar surface area (TPSA) is 26.0 Å². The summed E-state index contributed by atoms with van der Waals surface area (Å²) in [6.07, 6.45) is 1.47. The maximum Gasteiger partial charge on any atom is 0.162 e. The number of thioether (sulfide) groups is 1. The van der Waals surface area contributed by atoms with Crippen LogP contribution in [0.1, 0.15) is 25.8 Å². The third-order valence-corrected chi connectivity index (χ3v) is 4.21. The highest BCUT2D eigenvalue weighted by atomic mass is 32.2. The first-order valence-corrected chi connectivity index (χ1v) is 6.89. The van der Waals surface area contributed by atoms with Crippen molar-refractivity contribution in [3.8, 4) is 0 Å². The monoisotopic (exact) mass is 259 g/mol. The number of benzene rings is 1. The average Bonchev–Trinajstić information content (AvgIpc) is 2.32. The lowest BCUT2D eigenvalue weighted by atomic mass is 10.1. The second-order valence-electron chi connectivity index (χ2n) is 4.23. The lowest BCUT2D eigenvalue weighted by molar-refractivity contribution is 0.495. The summed E-state index contributed by atoms with van der Waals surface area (Å²) >= 11 is 1.77. The Kier molecular flexibility index (Phi) is 5.92. The Hall–Kier alpha value is -0.610. The van der Waals surface area contributed by atoms with Crippen LogP contribution in [0.2, 0.25) is 0 Å². The number of halogens is 2. The van der Waals surface area contributed by atoms with Gasteiger partial charge < -0.3 is 5.73 Å². The minimum absolute atomic E-state index is 0.134. The first kappa shape index (κ1) is 14.5. The highest BCUT2D eigenvalue weighted by Gasteiger charge is 2.12. The van der Waals surface area contributed by atoms with Gasteiger partial charge in [-0.15, -0.1) is 0 Å². The van der Waals surface area contributed by atoms with E-state index >= 15 is 0 Å². The molecular formula is C13H19F2NS. The molecule has 0 spiro atoms. The van der Waals surface area contributed by atoms with Gasteiger partial charge in [0.05, 0.1) is 0 Å². The molecule has 0 saturated carbocycles. The van der Waals surface area contributed by atoms with Crippen LogP contribution < -0.4 is 5.73 Å². The van der Waals surface area contributed by atoms with Gasteiger partial charge in [-0.3, -0.25) is 0 Å². The van der Waals surface area contributed by atoms with Gasteiger partial charge in [0.15, 0.2) is 11.6 Å². The second kappa shape index (κ2) is 6.97. The molecule has 0 fully saturated rings. The summed E-state index contributed by atoms with van der Waals surface area (Å²) in [5, 5.41) is 0.554. The van der Waals surface area contributed by atoms with Crippen molar-refractivity contribution in [3.05, 3.63) is 35.4 Å². The standard InChI is InChI=1S/C13H19F2NS/c1-3-9(2)17-8-11(16)7-10-5-4-6-12(14)13(10)15/h4-6,9,11H,3,7-8,16H2,1-2H3. The maximum absolute atomic E-state index is 13.4. The summed E-state index contributed by atoms with van der Waals surface area (Å²) in [7, 11) is 0. The van der Waals surface area contributed by atoms with Crippen molar-refractivity contribution in [1.82, 2.24) is 0 Å². The van der Waals surface area contributed by atoms with E-state index in [-0.39, 0.29) is 6.04 Å². The molecule has 0 aliphatic heterocycles. The third-order valence-electron chi connectivity index (χ3n) is 2.68. The van der Waals surface area contributed by atoms with Crippen LogP contribution >= 0.6 is 11.8 Å². The van der Waals surface area contributed by atoms with Gasteiger partial charge in [-0.25, -0.2) is 8.78 Å². The fourth-order valence-electron chi connectivity index (χ4n) is 1.45. The van der Waals surface area contributed by atoms with Crippen LogP contribution in [0.5, 0.6) is 0 Å². The number of nitrogens with two attached hydrogens (primary N) is 1. The summed E-state index contributed by atoms with van der Waals surface area (Å²) in [5.41, 5.74) is 6.28. The van der Waals surface area contributed by atoms with E-state index in [4.69, 9.17) is 5.73 Å². The Morgan fingerprint density at radius 2 is 2.06 bits per heavy atom. The zero-order valence-corrected chi connectivity index (χ0v) is 11.1. The molecule has 1 aromatic rings. The first-order valence-electron chi connectivity index (χ1n) is 5.84. The molecule has 0 aliphatic carbocycles. The number of rotatable bonds is 6. The highest BCUT2D eigenvalue weighted by molar-refractivity contribution is 7.99. The van der Waals surface area contributed by atoms with Gasteiger partial charge >= 0.3 is 0 Å². The summed E-state index contributed by atoms with van der Waals surface area (Å²) in [6, 6.07) is 4.09. The predicted octanol–water partition coefficient (Wildman–Crippen LogP) is 3.37. The maximum atomic E-state index is 13.4. The molecule has 0 amide bonds. The van der Waals surface area contributed by atoms with Crippen molar-refractivity contribution in [1.29, 1.82) is 0 Å². The Morgan fingerprint density at radius 1 is 1.35 bits per heavy atom. The quantitative estimate of drug-likeness (QED) is 0.847. The molecule has 0 saturated heterocycles. The van der Waals surface area contributed by atoms with E-state index in [0.717, 1.165) is 18.2 Å². The molecule has 1 aromatic carbocycles. The Balaban J connectivity index is 2.50. The fourth-order valence-corrected chi connectivity index (χ4v) is 2.38. The van der Waals surface area contributed by atoms with E-state index in [0.29, 0.717) is 17.2 Å². The number of hydrogen-bond acceptors (Lipinski definition) is 2. The molecule has 96 valence electrons. The smallest absolute Gasteiger partial charge is 0.162 e. The molecule has 0 aliphatic rings. The molecule has 1 rings (SSSR count). The predicted molar refractivity (Wildman–Crippen MR) is 70.2 cm³/mol. The lowest BCUT2D eigenvalue weighted by Crippen LogP contribution is -2.27. The Morgan fingerprint density at radius 3 is 2.71 bits per heavy atom. The molecule has 0 aromatic heterocycles. The van der Waals surface area contributed by atoms with Gasteiger partial charge in [0.1, 0.15) is 0 Å². The van der Waals surface area contributed by atoms with E-state index in [2.05, 4.69) is 13.8 Å². The van der Waals surface area contributed by atoms with E-state index in [1.54, 1.807) is 17.8 Å². The van der Waals surface area contributed by atoms with Crippen molar-refractivity contribution >= 4 is 11.8 Å². The molecule has 2 N–H and O–H groups in total. The molecule has 4 heteroatoms. The van der Waals surface area contributed by atoms with Crippen molar-refractivity contribution in [2.75, 3.05) is 5.75 Å². The minimum atomic E-state index is -0.802. The molecule has 2 atom stereocenters. The van der Waals surface area contributed by atoms with Gasteiger partial charge in [0, 0.05) is 17.0 Å². The zero-order chi connectivity index (χ0) is 12.8. The summed E-state index contributed by atoms with van der Waals surface area (Å²) in [4.78, 5) is 0. The SMILES string of the molecule is CCC(C)SCC(N)Cc1cccc(F)c1F. The lowest BCUT2D eigenvalue weighted by Gasteiger charge is -2.14. The first-order chi connectivity index (χ1) is 8.04. The zero-order valence-electron chi connectivity index (χ0n) is 10.2. The largest absolute Gasteiger partial charge is 0.327 e. The van der Waals surface area contributed by atoms with Crippen LogP contribution in [0.4, 0.5) is 8.78 Å². The molecule has 17 heavy (non-hydrogen) atoms. The van der Waals surface area contributed by atoms with Crippen molar-refractivity contribution in [3.63, 3.8) is 0 Å². The van der Waals surface area contributed by atoms with Crippen LogP contribution in [0.3, 0.4) is 0 Å². The van der Waals surface area contributed by atoms with Crippen molar-refractivity contribution < 1.29 is 8.78 Å². The van der Waals surface area contributed by atoms with Crippen molar-refractivity contribution in [2.24, 2.45) is 5.73 Å². The van der Waals surface area contributed by atoms with Crippen LogP contribution in [0, 0.1) is 11.6 Å². The highest BCUT2D eigenvalue weighted by Crippen LogP contribution is 2.17. The van der Waals surface area contributed by atoms with Gasteiger partial charge in [-0.2, -0.15) is 11.8 Å². The minimum Gasteiger partial charge on any atom is -0.327 e. The summed E-state index contributed by atoms with van der Waals surface area (Å²) in [6.45, 7) is 4.26. The molecule has 0 heterocycles. The average molecular weight is 259 g/mol. The van der Waals surface area contributed by atoms with Gasteiger partial charge in [0.25, 0.3) is 0 Å². The van der Waals surface area contributed by atoms with Gasteiger partial charge in [-0.05, 0) is 24.5 Å². The Bertz CT molecular complexity index is 357. The molecule has 1 nitrogen and oxygen atoms in total. The van der Waals surface area contributed by atoms with E-state index < -0.39 is 11.6 Å².